The highest BCUT2D eigenvalue weighted by atomic mass is 16.2. The average molecular weight is 343 g/mol. The molecule has 0 spiro atoms. The van der Waals surface area contributed by atoms with E-state index in [-0.39, 0.29) is 17.5 Å². The van der Waals surface area contributed by atoms with Crippen molar-refractivity contribution in [2.45, 2.75) is 46.1 Å². The van der Waals surface area contributed by atoms with Crippen LogP contribution in [0.3, 0.4) is 0 Å². The second kappa shape index (κ2) is 6.74. The van der Waals surface area contributed by atoms with Crippen LogP contribution < -0.4 is 5.73 Å². The van der Waals surface area contributed by atoms with Crippen LogP contribution in [0.4, 0.5) is 0 Å². The lowest BCUT2D eigenvalue weighted by atomic mass is 9.94. The summed E-state index contributed by atoms with van der Waals surface area (Å²) in [4.78, 5) is 26.1. The summed E-state index contributed by atoms with van der Waals surface area (Å²) in [5.41, 5.74) is 9.28. The molecule has 7 nitrogen and oxygen atoms in total. The fourth-order valence-corrected chi connectivity index (χ4v) is 3.76. The van der Waals surface area contributed by atoms with Gasteiger partial charge < -0.3 is 15.2 Å². The number of nitrogens with two attached hydrogens (primary N) is 1. The van der Waals surface area contributed by atoms with Crippen LogP contribution in [0.25, 0.3) is 0 Å². The molecule has 25 heavy (non-hydrogen) atoms. The Kier molecular flexibility index (Phi) is 4.65. The van der Waals surface area contributed by atoms with Gasteiger partial charge in [-0.2, -0.15) is 5.10 Å². The first-order chi connectivity index (χ1) is 11.9. The fourth-order valence-electron chi connectivity index (χ4n) is 3.76. The predicted molar refractivity (Wildman–Crippen MR) is 94.6 cm³/mol. The smallest absolute Gasteiger partial charge is 0.269 e. The van der Waals surface area contributed by atoms with Crippen LogP contribution in [-0.2, 0) is 6.54 Å². The first-order valence-corrected chi connectivity index (χ1v) is 8.73. The van der Waals surface area contributed by atoms with E-state index in [9.17, 15) is 9.59 Å². The van der Waals surface area contributed by atoms with E-state index in [0.717, 1.165) is 48.6 Å². The predicted octanol–water partition coefficient (Wildman–Crippen LogP) is 1.97. The molecule has 0 saturated carbocycles. The van der Waals surface area contributed by atoms with Crippen molar-refractivity contribution in [2.24, 2.45) is 5.73 Å². The van der Waals surface area contributed by atoms with Crippen LogP contribution in [0.15, 0.2) is 12.1 Å². The Bertz CT molecular complexity index is 804. The maximum Gasteiger partial charge on any atom is 0.269 e. The topological polar surface area (TPSA) is 97.0 Å². The Hall–Kier alpha value is -2.57. The number of rotatable bonds is 4. The molecular weight excluding hydrogens is 318 g/mol. The van der Waals surface area contributed by atoms with E-state index in [1.165, 1.54) is 0 Å². The number of hydrogen-bond acceptors (Lipinski definition) is 3. The van der Waals surface area contributed by atoms with Crippen molar-refractivity contribution < 1.29 is 9.59 Å². The highest BCUT2D eigenvalue weighted by molar-refractivity contribution is 5.96. The monoisotopic (exact) mass is 343 g/mol. The minimum Gasteiger partial charge on any atom is -0.364 e. The van der Waals surface area contributed by atoms with Gasteiger partial charge in [-0.15, -0.1) is 0 Å². The van der Waals surface area contributed by atoms with Crippen molar-refractivity contribution in [3.8, 4) is 0 Å². The normalized spacial score (nSPS) is 17.7. The van der Waals surface area contributed by atoms with Gasteiger partial charge in [-0.05, 0) is 45.7 Å². The van der Waals surface area contributed by atoms with Crippen molar-refractivity contribution in [3.05, 3.63) is 40.5 Å². The lowest BCUT2D eigenvalue weighted by molar-refractivity contribution is 0.0704. The highest BCUT2D eigenvalue weighted by Gasteiger charge is 2.28. The number of hydrogen-bond donors (Lipinski definition) is 2. The minimum absolute atomic E-state index is 0.0761. The van der Waals surface area contributed by atoms with E-state index in [1.54, 1.807) is 6.07 Å². The Morgan fingerprint density at radius 2 is 2.12 bits per heavy atom. The number of nitrogens with zero attached hydrogens (tertiary/aromatic N) is 3. The third-order valence-corrected chi connectivity index (χ3v) is 5.12. The SMILES string of the molecule is CCn1c(C)cc(C(=O)N2CCCC(c3cc(C(N)=O)n[nH]3)C2)c1C. The van der Waals surface area contributed by atoms with E-state index in [1.807, 2.05) is 24.8 Å². The number of H-pyrrole nitrogens is 1. The summed E-state index contributed by atoms with van der Waals surface area (Å²) in [6.45, 7) is 8.34. The second-order valence-corrected chi connectivity index (χ2v) is 6.69. The van der Waals surface area contributed by atoms with Gasteiger partial charge >= 0.3 is 0 Å². The van der Waals surface area contributed by atoms with E-state index in [0.29, 0.717) is 6.54 Å². The zero-order chi connectivity index (χ0) is 18.1. The minimum atomic E-state index is -0.543. The molecule has 0 aliphatic carbocycles. The number of nitrogens with one attached hydrogen (secondary N) is 1. The van der Waals surface area contributed by atoms with Gasteiger partial charge in [0.05, 0.1) is 5.56 Å². The Labute approximate surface area is 147 Å². The van der Waals surface area contributed by atoms with Gasteiger partial charge in [0.1, 0.15) is 5.69 Å². The summed E-state index contributed by atoms with van der Waals surface area (Å²) in [6.07, 6.45) is 1.88. The van der Waals surface area contributed by atoms with Crippen LogP contribution in [0, 0.1) is 13.8 Å². The molecule has 0 radical (unpaired) electrons. The van der Waals surface area contributed by atoms with Crippen LogP contribution in [-0.4, -0.2) is 44.6 Å². The first-order valence-electron chi connectivity index (χ1n) is 8.73. The summed E-state index contributed by atoms with van der Waals surface area (Å²) < 4.78 is 2.16. The zero-order valence-electron chi connectivity index (χ0n) is 15.0. The fraction of sp³-hybridized carbons (Fsp3) is 0.500. The number of amides is 2. The van der Waals surface area contributed by atoms with Gasteiger partial charge in [0.2, 0.25) is 0 Å². The molecule has 134 valence electrons. The summed E-state index contributed by atoms with van der Waals surface area (Å²) in [7, 11) is 0. The quantitative estimate of drug-likeness (QED) is 0.888. The number of piperidine rings is 1. The van der Waals surface area contributed by atoms with E-state index < -0.39 is 5.91 Å². The molecule has 1 atom stereocenters. The summed E-state index contributed by atoms with van der Waals surface area (Å²) in [6, 6.07) is 3.68. The van der Waals surface area contributed by atoms with Crippen LogP contribution in [0.5, 0.6) is 0 Å². The molecule has 1 aliphatic heterocycles. The van der Waals surface area contributed by atoms with Crippen molar-refractivity contribution in [1.29, 1.82) is 0 Å². The molecule has 1 saturated heterocycles. The lowest BCUT2D eigenvalue weighted by Crippen LogP contribution is -2.39. The van der Waals surface area contributed by atoms with Crippen molar-refractivity contribution in [2.75, 3.05) is 13.1 Å². The average Bonchev–Trinajstić information content (AvgIpc) is 3.19. The Balaban J connectivity index is 1.78. The number of aromatic amines is 1. The number of primary amides is 1. The molecular formula is C18H25N5O2. The van der Waals surface area contributed by atoms with Gasteiger partial charge in [0.15, 0.2) is 0 Å². The molecule has 1 unspecified atom stereocenters. The van der Waals surface area contributed by atoms with E-state index in [4.69, 9.17) is 5.73 Å². The molecule has 2 aromatic rings. The van der Waals surface area contributed by atoms with Gasteiger partial charge in [-0.25, -0.2) is 0 Å². The maximum absolute atomic E-state index is 13.0. The van der Waals surface area contributed by atoms with Crippen molar-refractivity contribution >= 4 is 11.8 Å². The second-order valence-electron chi connectivity index (χ2n) is 6.69. The number of aromatic nitrogens is 3. The lowest BCUT2D eigenvalue weighted by Gasteiger charge is -2.32. The first kappa shape index (κ1) is 17.3. The molecule has 3 N–H and O–H groups in total. The van der Waals surface area contributed by atoms with Crippen LogP contribution in [0.1, 0.15) is 63.6 Å². The molecule has 2 amide bonds. The number of aryl methyl sites for hydroxylation is 1. The highest BCUT2D eigenvalue weighted by Crippen LogP contribution is 2.28. The molecule has 2 aromatic heterocycles. The van der Waals surface area contributed by atoms with E-state index >= 15 is 0 Å². The number of carbonyl (C=O) groups is 2. The Morgan fingerprint density at radius 3 is 2.72 bits per heavy atom. The van der Waals surface area contributed by atoms with Gasteiger partial charge in [0.25, 0.3) is 11.8 Å². The molecule has 0 aromatic carbocycles. The third kappa shape index (κ3) is 3.18. The maximum atomic E-state index is 13.0. The molecule has 0 bridgehead atoms. The van der Waals surface area contributed by atoms with Crippen LogP contribution in [0.2, 0.25) is 0 Å². The summed E-state index contributed by atoms with van der Waals surface area (Å²) in [5.74, 6) is -0.321. The third-order valence-electron chi connectivity index (χ3n) is 5.12. The van der Waals surface area contributed by atoms with Crippen molar-refractivity contribution in [1.82, 2.24) is 19.7 Å². The summed E-state index contributed by atoms with van der Waals surface area (Å²) >= 11 is 0. The molecule has 3 heterocycles. The molecule has 1 aliphatic rings. The number of carbonyl (C=O) groups excluding carboxylic acids is 2. The zero-order valence-corrected chi connectivity index (χ0v) is 15.0. The van der Waals surface area contributed by atoms with E-state index in [2.05, 4.69) is 21.7 Å². The largest absolute Gasteiger partial charge is 0.364 e. The Morgan fingerprint density at radius 1 is 1.36 bits per heavy atom. The van der Waals surface area contributed by atoms with Gasteiger partial charge in [-0.3, -0.25) is 14.7 Å². The van der Waals surface area contributed by atoms with Crippen LogP contribution >= 0.6 is 0 Å². The summed E-state index contributed by atoms with van der Waals surface area (Å²) in [5, 5.41) is 6.85. The van der Waals surface area contributed by atoms with Crippen molar-refractivity contribution in [3.63, 3.8) is 0 Å². The molecule has 1 fully saturated rings. The van der Waals surface area contributed by atoms with Gasteiger partial charge in [0, 0.05) is 42.6 Å². The van der Waals surface area contributed by atoms with Gasteiger partial charge in [-0.1, -0.05) is 0 Å². The number of likely N-dealkylation sites (tertiary alicyclic amines) is 1. The standard InChI is InChI=1S/C18H25N5O2/c1-4-23-11(2)8-14(12(23)3)18(25)22-7-5-6-13(10-22)15-9-16(17(19)24)21-20-15/h8-9,13H,4-7,10H2,1-3H3,(H2,19,24)(H,20,21). The molecule has 3 rings (SSSR count). The molecule has 7 heteroatoms.